The zero-order chi connectivity index (χ0) is 11.1. The molecule has 5 nitrogen and oxygen atoms in total. The van der Waals surface area contributed by atoms with Gasteiger partial charge in [-0.2, -0.15) is 0 Å². The Labute approximate surface area is 87.7 Å². The number of nitrogens with one attached hydrogen (secondary N) is 1. The molecule has 0 atom stereocenters. The lowest BCUT2D eigenvalue weighted by Crippen LogP contribution is -2.24. The van der Waals surface area contributed by atoms with Crippen molar-refractivity contribution in [1.29, 1.82) is 0 Å². The molecule has 0 spiro atoms. The molecule has 0 bridgehead atoms. The van der Waals surface area contributed by atoms with Gasteiger partial charge in [0.05, 0.1) is 0 Å². The first-order valence-corrected chi connectivity index (χ1v) is 4.55. The van der Waals surface area contributed by atoms with Crippen molar-refractivity contribution in [3.63, 3.8) is 0 Å². The maximum absolute atomic E-state index is 11.1. The second kappa shape index (κ2) is 5.67. The van der Waals surface area contributed by atoms with Gasteiger partial charge >= 0.3 is 0 Å². The van der Waals surface area contributed by atoms with E-state index in [-0.39, 0.29) is 12.5 Å². The summed E-state index contributed by atoms with van der Waals surface area (Å²) in [4.78, 5) is 13.6. The number of aryl methyl sites for hydroxylation is 1. The van der Waals surface area contributed by atoms with Gasteiger partial charge in [-0.1, -0.05) is 34.9 Å². The van der Waals surface area contributed by atoms with E-state index < -0.39 is 0 Å². The van der Waals surface area contributed by atoms with E-state index in [0.717, 1.165) is 11.1 Å². The molecule has 0 unspecified atom stereocenters. The summed E-state index contributed by atoms with van der Waals surface area (Å²) in [6.07, 6.45) is 0. The van der Waals surface area contributed by atoms with E-state index in [2.05, 4.69) is 15.3 Å². The van der Waals surface area contributed by atoms with E-state index in [1.807, 2.05) is 31.2 Å². The zero-order valence-electron chi connectivity index (χ0n) is 8.47. The van der Waals surface area contributed by atoms with Crippen LogP contribution in [0.3, 0.4) is 0 Å². The molecule has 0 aliphatic carbocycles. The number of nitrogens with zero attached hydrogens (tertiary/aromatic N) is 3. The number of carbonyl (C=O) groups is 1. The van der Waals surface area contributed by atoms with Crippen LogP contribution >= 0.6 is 0 Å². The standard InChI is InChI=1S/C10H12N4O/c1-8-3-2-4-9(5-8)6-12-10(15)7-13-14-11/h2-5H,6-7H2,1H3,(H,12,15). The van der Waals surface area contributed by atoms with Gasteiger partial charge in [0.25, 0.3) is 0 Å². The Hall–Kier alpha value is -2.00. The lowest BCUT2D eigenvalue weighted by molar-refractivity contribution is -0.119. The molecule has 1 rings (SSSR count). The smallest absolute Gasteiger partial charge is 0.226 e. The fraction of sp³-hybridized carbons (Fsp3) is 0.300. The summed E-state index contributed by atoms with van der Waals surface area (Å²) in [6.45, 7) is 2.30. The average Bonchev–Trinajstić information content (AvgIpc) is 2.23. The van der Waals surface area contributed by atoms with E-state index >= 15 is 0 Å². The van der Waals surface area contributed by atoms with Crippen molar-refractivity contribution in [2.45, 2.75) is 13.5 Å². The van der Waals surface area contributed by atoms with Gasteiger partial charge in [-0.25, -0.2) is 0 Å². The molecular formula is C10H12N4O. The summed E-state index contributed by atoms with van der Waals surface area (Å²) < 4.78 is 0. The van der Waals surface area contributed by atoms with Crippen LogP contribution in [0.25, 0.3) is 10.4 Å². The highest BCUT2D eigenvalue weighted by Crippen LogP contribution is 2.02. The van der Waals surface area contributed by atoms with Crippen LogP contribution in [-0.2, 0) is 11.3 Å². The first-order valence-electron chi connectivity index (χ1n) is 4.55. The van der Waals surface area contributed by atoms with Crippen LogP contribution in [0.1, 0.15) is 11.1 Å². The highest BCUT2D eigenvalue weighted by Gasteiger charge is 1.98. The third-order valence-corrected chi connectivity index (χ3v) is 1.85. The van der Waals surface area contributed by atoms with Crippen LogP contribution in [-0.4, -0.2) is 12.5 Å². The molecule has 15 heavy (non-hydrogen) atoms. The molecule has 0 aliphatic rings. The van der Waals surface area contributed by atoms with Crippen molar-refractivity contribution in [2.75, 3.05) is 6.54 Å². The van der Waals surface area contributed by atoms with Crippen LogP contribution < -0.4 is 5.32 Å². The third-order valence-electron chi connectivity index (χ3n) is 1.85. The molecule has 1 aromatic rings. The largest absolute Gasteiger partial charge is 0.352 e. The summed E-state index contributed by atoms with van der Waals surface area (Å²) in [5, 5.41) is 5.83. The van der Waals surface area contributed by atoms with E-state index in [4.69, 9.17) is 5.53 Å². The van der Waals surface area contributed by atoms with Crippen molar-refractivity contribution in [3.8, 4) is 0 Å². The number of benzene rings is 1. The second-order valence-corrected chi connectivity index (χ2v) is 3.15. The number of hydrogen-bond donors (Lipinski definition) is 1. The summed E-state index contributed by atoms with van der Waals surface area (Å²) in [6, 6.07) is 7.85. The van der Waals surface area contributed by atoms with Crippen LogP contribution in [0.15, 0.2) is 29.4 Å². The molecule has 0 heterocycles. The lowest BCUT2D eigenvalue weighted by Gasteiger charge is -2.03. The van der Waals surface area contributed by atoms with Crippen molar-refractivity contribution in [2.24, 2.45) is 5.11 Å². The van der Waals surface area contributed by atoms with E-state index in [1.165, 1.54) is 0 Å². The molecule has 1 amide bonds. The van der Waals surface area contributed by atoms with Crippen molar-refractivity contribution < 1.29 is 4.79 Å². The van der Waals surface area contributed by atoms with Gasteiger partial charge in [-0.3, -0.25) is 4.79 Å². The normalized spacial score (nSPS) is 9.13. The van der Waals surface area contributed by atoms with Gasteiger partial charge in [0.15, 0.2) is 0 Å². The summed E-state index contributed by atoms with van der Waals surface area (Å²) >= 11 is 0. The van der Waals surface area contributed by atoms with Crippen LogP contribution in [0.5, 0.6) is 0 Å². The summed E-state index contributed by atoms with van der Waals surface area (Å²) in [7, 11) is 0. The Balaban J connectivity index is 2.43. The van der Waals surface area contributed by atoms with Gasteiger partial charge in [0.2, 0.25) is 5.91 Å². The minimum absolute atomic E-state index is 0.150. The minimum atomic E-state index is -0.269. The molecule has 78 valence electrons. The second-order valence-electron chi connectivity index (χ2n) is 3.15. The highest BCUT2D eigenvalue weighted by molar-refractivity contribution is 5.78. The fourth-order valence-corrected chi connectivity index (χ4v) is 1.17. The summed E-state index contributed by atoms with van der Waals surface area (Å²) in [5.74, 6) is -0.269. The number of carbonyl (C=O) groups excluding carboxylic acids is 1. The number of rotatable bonds is 4. The maximum atomic E-state index is 11.1. The van der Waals surface area contributed by atoms with Crippen LogP contribution in [0, 0.1) is 6.92 Å². The predicted octanol–water partition coefficient (Wildman–Crippen LogP) is 1.92. The average molecular weight is 204 g/mol. The summed E-state index contributed by atoms with van der Waals surface area (Å²) in [5.41, 5.74) is 10.2. The molecule has 5 heteroatoms. The topological polar surface area (TPSA) is 77.9 Å². The van der Waals surface area contributed by atoms with Gasteiger partial charge in [0, 0.05) is 11.5 Å². The van der Waals surface area contributed by atoms with Gasteiger partial charge in [-0.15, -0.1) is 0 Å². The molecule has 0 radical (unpaired) electrons. The SMILES string of the molecule is Cc1cccc(CNC(=O)CN=[N+]=[N-])c1. The quantitative estimate of drug-likeness (QED) is 0.454. The van der Waals surface area contributed by atoms with Gasteiger partial charge < -0.3 is 5.32 Å². The molecule has 0 saturated heterocycles. The first kappa shape index (κ1) is 11.1. The zero-order valence-corrected chi connectivity index (χ0v) is 8.47. The Morgan fingerprint density at radius 2 is 2.40 bits per heavy atom. The van der Waals surface area contributed by atoms with Crippen LogP contribution in [0.4, 0.5) is 0 Å². The minimum Gasteiger partial charge on any atom is -0.352 e. The van der Waals surface area contributed by atoms with Gasteiger partial charge in [0.1, 0.15) is 6.54 Å². The van der Waals surface area contributed by atoms with Crippen LogP contribution in [0.2, 0.25) is 0 Å². The molecule has 0 aliphatic heterocycles. The van der Waals surface area contributed by atoms with Crippen molar-refractivity contribution >= 4 is 5.91 Å². The fourth-order valence-electron chi connectivity index (χ4n) is 1.17. The Morgan fingerprint density at radius 3 is 3.07 bits per heavy atom. The predicted molar refractivity (Wildman–Crippen MR) is 57.0 cm³/mol. The van der Waals surface area contributed by atoms with Gasteiger partial charge in [-0.05, 0) is 18.0 Å². The van der Waals surface area contributed by atoms with E-state index in [9.17, 15) is 4.79 Å². The highest BCUT2D eigenvalue weighted by atomic mass is 16.1. The Bertz CT molecular complexity index is 396. The molecule has 0 fully saturated rings. The maximum Gasteiger partial charge on any atom is 0.226 e. The number of azide groups is 1. The van der Waals surface area contributed by atoms with Crippen molar-refractivity contribution in [1.82, 2.24) is 5.32 Å². The Morgan fingerprint density at radius 1 is 1.60 bits per heavy atom. The Kier molecular flexibility index (Phi) is 4.19. The monoisotopic (exact) mass is 204 g/mol. The molecule has 1 N–H and O–H groups in total. The molecule has 0 aromatic heterocycles. The molecule has 0 saturated carbocycles. The van der Waals surface area contributed by atoms with Crippen molar-refractivity contribution in [3.05, 3.63) is 45.8 Å². The number of hydrogen-bond acceptors (Lipinski definition) is 2. The first-order chi connectivity index (χ1) is 7.22. The third kappa shape index (κ3) is 4.15. The number of amides is 1. The molecular weight excluding hydrogens is 192 g/mol. The van der Waals surface area contributed by atoms with E-state index in [1.54, 1.807) is 0 Å². The molecule has 1 aromatic carbocycles. The lowest BCUT2D eigenvalue weighted by atomic mass is 10.1. The van der Waals surface area contributed by atoms with E-state index in [0.29, 0.717) is 6.54 Å².